The molecule has 120 valence electrons. The van der Waals surface area contributed by atoms with Crippen molar-refractivity contribution in [2.75, 3.05) is 19.7 Å². The predicted molar refractivity (Wildman–Crippen MR) is 82.1 cm³/mol. The number of rotatable bonds is 4. The number of pyridine rings is 1. The molecule has 22 heavy (non-hydrogen) atoms. The standard InChI is InChI=1S/C17H24N2O3/c1-13(2)16(20)19-11-17(12-19)9-15(6-8-22-17)21-10-14-5-3-4-7-18-14/h3-5,7,13,15H,6,8-12H2,1-2H3/t15-/m1/s1. The number of carbonyl (C=O) groups is 1. The molecule has 5 heteroatoms. The highest BCUT2D eigenvalue weighted by Crippen LogP contribution is 2.36. The van der Waals surface area contributed by atoms with E-state index in [4.69, 9.17) is 9.47 Å². The Kier molecular flexibility index (Phi) is 4.45. The van der Waals surface area contributed by atoms with Crippen LogP contribution < -0.4 is 0 Å². The highest BCUT2D eigenvalue weighted by Gasteiger charge is 2.49. The lowest BCUT2D eigenvalue weighted by atomic mass is 9.84. The number of amides is 1. The molecule has 0 aliphatic carbocycles. The van der Waals surface area contributed by atoms with Crippen LogP contribution >= 0.6 is 0 Å². The fourth-order valence-corrected chi connectivity index (χ4v) is 3.20. The van der Waals surface area contributed by atoms with Crippen LogP contribution in [-0.4, -0.2) is 47.2 Å². The molecule has 1 spiro atoms. The van der Waals surface area contributed by atoms with Crippen LogP contribution in [0.25, 0.3) is 0 Å². The molecule has 1 amide bonds. The van der Waals surface area contributed by atoms with Gasteiger partial charge in [-0.25, -0.2) is 0 Å². The molecule has 5 nitrogen and oxygen atoms in total. The molecule has 2 fully saturated rings. The first-order valence-corrected chi connectivity index (χ1v) is 8.02. The normalized spacial score (nSPS) is 23.6. The molecule has 3 rings (SSSR count). The van der Waals surface area contributed by atoms with Crippen molar-refractivity contribution in [1.82, 2.24) is 9.88 Å². The molecule has 3 heterocycles. The number of ether oxygens (including phenoxy) is 2. The summed E-state index contributed by atoms with van der Waals surface area (Å²) in [6, 6.07) is 5.85. The summed E-state index contributed by atoms with van der Waals surface area (Å²) in [5.74, 6) is 0.267. The zero-order chi connectivity index (χ0) is 15.6. The summed E-state index contributed by atoms with van der Waals surface area (Å²) in [5, 5.41) is 0. The predicted octanol–water partition coefficient (Wildman–Crippen LogP) is 2.01. The molecule has 0 saturated carbocycles. The Labute approximate surface area is 131 Å². The number of carbonyl (C=O) groups excluding carboxylic acids is 1. The van der Waals surface area contributed by atoms with Gasteiger partial charge in [0.2, 0.25) is 5.91 Å². The fraction of sp³-hybridized carbons (Fsp3) is 0.647. The van der Waals surface area contributed by atoms with Crippen molar-refractivity contribution in [2.45, 2.75) is 45.0 Å². The van der Waals surface area contributed by atoms with Crippen molar-refractivity contribution in [3.8, 4) is 0 Å². The highest BCUT2D eigenvalue weighted by atomic mass is 16.5. The molecule has 2 aliphatic rings. The van der Waals surface area contributed by atoms with E-state index in [0.29, 0.717) is 26.3 Å². The minimum Gasteiger partial charge on any atom is -0.372 e. The Morgan fingerprint density at radius 1 is 1.50 bits per heavy atom. The SMILES string of the molecule is CC(C)C(=O)N1CC2(C[C@H](OCc3ccccn3)CCO2)C1. The van der Waals surface area contributed by atoms with Crippen LogP contribution in [0.4, 0.5) is 0 Å². The molecule has 2 saturated heterocycles. The summed E-state index contributed by atoms with van der Waals surface area (Å²) in [6.45, 7) is 6.52. The summed E-state index contributed by atoms with van der Waals surface area (Å²) in [7, 11) is 0. The monoisotopic (exact) mass is 304 g/mol. The van der Waals surface area contributed by atoms with E-state index >= 15 is 0 Å². The third-order valence-corrected chi connectivity index (χ3v) is 4.40. The second-order valence-corrected chi connectivity index (χ2v) is 6.63. The number of hydrogen-bond acceptors (Lipinski definition) is 4. The Morgan fingerprint density at radius 2 is 2.32 bits per heavy atom. The number of likely N-dealkylation sites (tertiary alicyclic amines) is 1. The third kappa shape index (κ3) is 3.31. The van der Waals surface area contributed by atoms with Gasteiger partial charge in [0, 0.05) is 25.1 Å². The van der Waals surface area contributed by atoms with Gasteiger partial charge in [-0.2, -0.15) is 0 Å². The van der Waals surface area contributed by atoms with Gasteiger partial charge in [-0.1, -0.05) is 19.9 Å². The van der Waals surface area contributed by atoms with E-state index in [1.165, 1.54) is 0 Å². The quantitative estimate of drug-likeness (QED) is 0.854. The summed E-state index contributed by atoms with van der Waals surface area (Å²) in [6.07, 6.45) is 3.74. The molecular formula is C17H24N2O3. The van der Waals surface area contributed by atoms with Crippen LogP contribution in [0.5, 0.6) is 0 Å². The maximum absolute atomic E-state index is 12.0. The Balaban J connectivity index is 1.49. The van der Waals surface area contributed by atoms with Crippen molar-refractivity contribution in [1.29, 1.82) is 0 Å². The van der Waals surface area contributed by atoms with Crippen molar-refractivity contribution < 1.29 is 14.3 Å². The lowest BCUT2D eigenvalue weighted by Crippen LogP contribution is -2.67. The molecule has 2 aliphatic heterocycles. The summed E-state index contributed by atoms with van der Waals surface area (Å²) in [4.78, 5) is 18.1. The number of nitrogens with zero attached hydrogens (tertiary/aromatic N) is 2. The van der Waals surface area contributed by atoms with E-state index in [9.17, 15) is 4.79 Å². The smallest absolute Gasteiger partial charge is 0.225 e. The Hall–Kier alpha value is -1.46. The fourth-order valence-electron chi connectivity index (χ4n) is 3.20. The second-order valence-electron chi connectivity index (χ2n) is 6.63. The van der Waals surface area contributed by atoms with Gasteiger partial charge in [-0.15, -0.1) is 0 Å². The molecule has 0 N–H and O–H groups in total. The van der Waals surface area contributed by atoms with Crippen molar-refractivity contribution >= 4 is 5.91 Å². The molecular weight excluding hydrogens is 280 g/mol. The molecule has 0 radical (unpaired) electrons. The third-order valence-electron chi connectivity index (χ3n) is 4.40. The Morgan fingerprint density at radius 3 is 3.00 bits per heavy atom. The topological polar surface area (TPSA) is 51.7 Å². The molecule has 0 unspecified atom stereocenters. The van der Waals surface area contributed by atoms with Crippen molar-refractivity contribution in [2.24, 2.45) is 5.92 Å². The first-order chi connectivity index (χ1) is 10.6. The van der Waals surface area contributed by atoms with Crippen LogP contribution in [0.1, 0.15) is 32.4 Å². The molecule has 0 aromatic carbocycles. The summed E-state index contributed by atoms with van der Waals surface area (Å²) < 4.78 is 12.0. The number of aromatic nitrogens is 1. The minimum absolute atomic E-state index is 0.0529. The largest absolute Gasteiger partial charge is 0.372 e. The zero-order valence-corrected chi connectivity index (χ0v) is 13.3. The molecule has 1 aromatic rings. The maximum Gasteiger partial charge on any atom is 0.225 e. The average Bonchev–Trinajstić information content (AvgIpc) is 2.51. The first-order valence-electron chi connectivity index (χ1n) is 8.02. The van der Waals surface area contributed by atoms with E-state index in [1.807, 2.05) is 36.9 Å². The van der Waals surface area contributed by atoms with Crippen LogP contribution in [0.15, 0.2) is 24.4 Å². The second kappa shape index (κ2) is 6.34. The first kappa shape index (κ1) is 15.4. The molecule has 1 atom stereocenters. The van der Waals surface area contributed by atoms with E-state index in [-0.39, 0.29) is 23.5 Å². The number of hydrogen-bond donors (Lipinski definition) is 0. The van der Waals surface area contributed by atoms with Crippen LogP contribution in [-0.2, 0) is 20.9 Å². The van der Waals surface area contributed by atoms with Gasteiger partial charge in [0.15, 0.2) is 0 Å². The van der Waals surface area contributed by atoms with Gasteiger partial charge in [0.05, 0.1) is 31.5 Å². The Bertz CT molecular complexity index is 512. The van der Waals surface area contributed by atoms with Gasteiger partial charge < -0.3 is 14.4 Å². The lowest BCUT2D eigenvalue weighted by Gasteiger charge is -2.53. The zero-order valence-electron chi connectivity index (χ0n) is 13.3. The average molecular weight is 304 g/mol. The van der Waals surface area contributed by atoms with E-state index in [2.05, 4.69) is 4.98 Å². The van der Waals surface area contributed by atoms with Crippen LogP contribution in [0.3, 0.4) is 0 Å². The van der Waals surface area contributed by atoms with Gasteiger partial charge in [0.25, 0.3) is 0 Å². The van der Waals surface area contributed by atoms with Gasteiger partial charge in [-0.05, 0) is 18.6 Å². The van der Waals surface area contributed by atoms with Gasteiger partial charge >= 0.3 is 0 Å². The summed E-state index contributed by atoms with van der Waals surface area (Å²) in [5.41, 5.74) is 0.769. The van der Waals surface area contributed by atoms with Gasteiger partial charge in [0.1, 0.15) is 5.60 Å². The van der Waals surface area contributed by atoms with Gasteiger partial charge in [-0.3, -0.25) is 9.78 Å². The van der Waals surface area contributed by atoms with Crippen molar-refractivity contribution in [3.63, 3.8) is 0 Å². The molecule has 0 bridgehead atoms. The highest BCUT2D eigenvalue weighted by molar-refractivity contribution is 5.79. The molecule has 1 aromatic heterocycles. The maximum atomic E-state index is 12.0. The minimum atomic E-state index is -0.183. The van der Waals surface area contributed by atoms with E-state index in [0.717, 1.165) is 18.5 Å². The van der Waals surface area contributed by atoms with Crippen LogP contribution in [0.2, 0.25) is 0 Å². The van der Waals surface area contributed by atoms with Crippen LogP contribution in [0, 0.1) is 5.92 Å². The summed E-state index contributed by atoms with van der Waals surface area (Å²) >= 11 is 0. The van der Waals surface area contributed by atoms with E-state index in [1.54, 1.807) is 6.20 Å². The lowest BCUT2D eigenvalue weighted by molar-refractivity contribution is -0.204. The van der Waals surface area contributed by atoms with E-state index < -0.39 is 0 Å². The van der Waals surface area contributed by atoms with Crippen molar-refractivity contribution in [3.05, 3.63) is 30.1 Å².